The molecule has 2 aromatic rings. The van der Waals surface area contributed by atoms with Crippen molar-refractivity contribution < 1.29 is 9.21 Å². The number of halogens is 1. The van der Waals surface area contributed by atoms with Crippen molar-refractivity contribution in [3.63, 3.8) is 0 Å². The van der Waals surface area contributed by atoms with Gasteiger partial charge >= 0.3 is 0 Å². The van der Waals surface area contributed by atoms with Crippen LogP contribution in [0, 0.1) is 11.3 Å². The summed E-state index contributed by atoms with van der Waals surface area (Å²) in [5.41, 5.74) is 0.951. The van der Waals surface area contributed by atoms with E-state index in [1.807, 2.05) is 43.3 Å². The second-order valence-corrected chi connectivity index (χ2v) is 5.82. The highest BCUT2D eigenvalue weighted by molar-refractivity contribution is 9.10. The second-order valence-electron chi connectivity index (χ2n) is 4.96. The largest absolute Gasteiger partial charge is 0.457 e. The molecule has 0 saturated heterocycles. The monoisotopic (exact) mass is 372 g/mol. The Balaban J connectivity index is 2.17. The molecule has 1 amide bonds. The van der Waals surface area contributed by atoms with Crippen LogP contribution >= 0.6 is 15.9 Å². The summed E-state index contributed by atoms with van der Waals surface area (Å²) >= 11 is 3.47. The third-order valence-corrected chi connectivity index (χ3v) is 3.93. The third-order valence-electron chi connectivity index (χ3n) is 3.23. The van der Waals surface area contributed by atoms with Crippen LogP contribution in [0.15, 0.2) is 50.9 Å². The van der Waals surface area contributed by atoms with Gasteiger partial charge in [-0.2, -0.15) is 5.26 Å². The minimum absolute atomic E-state index is 0.0362. The number of hydrogen-bond donors (Lipinski definition) is 1. The van der Waals surface area contributed by atoms with Crippen LogP contribution in [0.25, 0.3) is 17.4 Å². The Morgan fingerprint density at radius 2 is 2.13 bits per heavy atom. The number of nitrogens with zero attached hydrogens (tertiary/aromatic N) is 1. The number of carbonyl (C=O) groups is 1. The van der Waals surface area contributed by atoms with Gasteiger partial charge in [-0.15, -0.1) is 0 Å². The SMILES string of the molecule is CCCCNC(=O)/C(C#N)=C/c1ccc(-c2ccccc2Br)o1. The van der Waals surface area contributed by atoms with E-state index < -0.39 is 0 Å². The van der Waals surface area contributed by atoms with Crippen LogP contribution < -0.4 is 5.32 Å². The Labute approximate surface area is 143 Å². The molecule has 0 unspecified atom stereocenters. The van der Waals surface area contributed by atoms with E-state index in [9.17, 15) is 4.79 Å². The third kappa shape index (κ3) is 4.57. The summed E-state index contributed by atoms with van der Waals surface area (Å²) in [6.07, 6.45) is 3.33. The average Bonchev–Trinajstić information content (AvgIpc) is 3.01. The first-order valence-corrected chi connectivity index (χ1v) is 8.19. The number of nitrogens with one attached hydrogen (secondary N) is 1. The number of carbonyl (C=O) groups excluding carboxylic acids is 1. The van der Waals surface area contributed by atoms with Crippen LogP contribution in [0.1, 0.15) is 25.5 Å². The smallest absolute Gasteiger partial charge is 0.262 e. The lowest BCUT2D eigenvalue weighted by Gasteiger charge is -2.02. The van der Waals surface area contributed by atoms with Crippen molar-refractivity contribution in [2.75, 3.05) is 6.54 Å². The first-order chi connectivity index (χ1) is 11.2. The van der Waals surface area contributed by atoms with Gasteiger partial charge < -0.3 is 9.73 Å². The fraction of sp³-hybridized carbons (Fsp3) is 0.222. The quantitative estimate of drug-likeness (QED) is 0.460. The summed E-state index contributed by atoms with van der Waals surface area (Å²) in [4.78, 5) is 11.9. The molecule has 1 aromatic carbocycles. The number of furan rings is 1. The molecule has 0 bridgehead atoms. The van der Waals surface area contributed by atoms with Crippen molar-refractivity contribution in [3.8, 4) is 17.4 Å². The maximum Gasteiger partial charge on any atom is 0.262 e. The van der Waals surface area contributed by atoms with Gasteiger partial charge in [0, 0.05) is 22.7 Å². The highest BCUT2D eigenvalue weighted by atomic mass is 79.9. The summed E-state index contributed by atoms with van der Waals surface area (Å²) in [6, 6.07) is 13.2. The number of unbranched alkanes of at least 4 members (excludes halogenated alkanes) is 1. The highest BCUT2D eigenvalue weighted by Gasteiger charge is 2.11. The Morgan fingerprint density at radius 3 is 2.83 bits per heavy atom. The molecule has 0 aliphatic carbocycles. The topological polar surface area (TPSA) is 66.0 Å². The number of benzene rings is 1. The van der Waals surface area contributed by atoms with Crippen LogP contribution in [0.2, 0.25) is 0 Å². The van der Waals surface area contributed by atoms with Crippen LogP contribution in [-0.2, 0) is 4.79 Å². The van der Waals surface area contributed by atoms with Crippen molar-refractivity contribution in [3.05, 3.63) is 52.2 Å². The molecule has 0 radical (unpaired) electrons. The molecule has 1 N–H and O–H groups in total. The Hall–Kier alpha value is -2.32. The molecule has 2 rings (SSSR count). The van der Waals surface area contributed by atoms with Crippen molar-refractivity contribution in [1.82, 2.24) is 5.32 Å². The Morgan fingerprint density at radius 1 is 1.35 bits per heavy atom. The number of amides is 1. The van der Waals surface area contributed by atoms with E-state index in [1.165, 1.54) is 6.08 Å². The summed E-state index contributed by atoms with van der Waals surface area (Å²) in [6.45, 7) is 2.61. The van der Waals surface area contributed by atoms with Crippen LogP contribution in [0.4, 0.5) is 0 Å². The zero-order valence-corrected chi connectivity index (χ0v) is 14.4. The molecule has 4 nitrogen and oxygen atoms in total. The second kappa shape index (κ2) is 8.35. The summed E-state index contributed by atoms with van der Waals surface area (Å²) in [7, 11) is 0. The van der Waals surface area contributed by atoms with Crippen molar-refractivity contribution in [2.45, 2.75) is 19.8 Å². The first kappa shape index (κ1) is 17.0. The standard InChI is InChI=1S/C18H17BrN2O2/c1-2-3-10-21-18(22)13(12-20)11-14-8-9-17(23-14)15-6-4-5-7-16(15)19/h4-9,11H,2-3,10H2,1H3,(H,21,22)/b13-11+. The molecule has 0 saturated carbocycles. The number of rotatable bonds is 6. The van der Waals surface area contributed by atoms with E-state index in [1.54, 1.807) is 6.07 Å². The van der Waals surface area contributed by atoms with Gasteiger partial charge in [-0.25, -0.2) is 0 Å². The van der Waals surface area contributed by atoms with E-state index in [4.69, 9.17) is 9.68 Å². The van der Waals surface area contributed by atoms with E-state index >= 15 is 0 Å². The highest BCUT2D eigenvalue weighted by Crippen LogP contribution is 2.29. The van der Waals surface area contributed by atoms with Gasteiger partial charge in [0.2, 0.25) is 0 Å². The number of nitriles is 1. The normalized spacial score (nSPS) is 11.1. The van der Waals surface area contributed by atoms with Gasteiger partial charge in [-0.3, -0.25) is 4.79 Å². The maximum absolute atomic E-state index is 11.9. The summed E-state index contributed by atoms with van der Waals surface area (Å²) in [5, 5.41) is 11.9. The molecule has 0 aliphatic heterocycles. The molecule has 5 heteroatoms. The molecular formula is C18H17BrN2O2. The lowest BCUT2D eigenvalue weighted by Crippen LogP contribution is -2.25. The fourth-order valence-corrected chi connectivity index (χ4v) is 2.48. The van der Waals surface area contributed by atoms with Gasteiger partial charge in [0.15, 0.2) is 0 Å². The minimum atomic E-state index is -0.375. The molecular weight excluding hydrogens is 356 g/mol. The Kier molecular flexibility index (Phi) is 6.19. The lowest BCUT2D eigenvalue weighted by atomic mass is 10.2. The predicted octanol–water partition coefficient (Wildman–Crippen LogP) is 4.53. The minimum Gasteiger partial charge on any atom is -0.457 e. The summed E-state index contributed by atoms with van der Waals surface area (Å²) < 4.78 is 6.64. The van der Waals surface area contributed by atoms with Gasteiger partial charge in [0.05, 0.1) is 0 Å². The molecule has 118 valence electrons. The zero-order valence-electron chi connectivity index (χ0n) is 12.8. The molecule has 0 atom stereocenters. The van der Waals surface area contributed by atoms with E-state index in [0.717, 1.165) is 22.9 Å². The van der Waals surface area contributed by atoms with Crippen molar-refractivity contribution in [1.29, 1.82) is 5.26 Å². The van der Waals surface area contributed by atoms with Crippen LogP contribution in [-0.4, -0.2) is 12.5 Å². The molecule has 23 heavy (non-hydrogen) atoms. The van der Waals surface area contributed by atoms with Gasteiger partial charge in [0.1, 0.15) is 23.2 Å². The van der Waals surface area contributed by atoms with Gasteiger partial charge in [-0.05, 0) is 24.6 Å². The molecule has 1 aromatic heterocycles. The summed E-state index contributed by atoms with van der Waals surface area (Å²) in [5.74, 6) is 0.769. The first-order valence-electron chi connectivity index (χ1n) is 7.40. The maximum atomic E-state index is 11.9. The van der Waals surface area contributed by atoms with E-state index in [-0.39, 0.29) is 11.5 Å². The zero-order chi connectivity index (χ0) is 16.7. The van der Waals surface area contributed by atoms with Gasteiger partial charge in [0.25, 0.3) is 5.91 Å². The van der Waals surface area contributed by atoms with Crippen LogP contribution in [0.5, 0.6) is 0 Å². The molecule has 1 heterocycles. The van der Waals surface area contributed by atoms with E-state index in [0.29, 0.717) is 18.1 Å². The molecule has 0 aliphatic rings. The lowest BCUT2D eigenvalue weighted by molar-refractivity contribution is -0.117. The van der Waals surface area contributed by atoms with Crippen molar-refractivity contribution >= 4 is 27.9 Å². The average molecular weight is 373 g/mol. The van der Waals surface area contributed by atoms with Crippen LogP contribution in [0.3, 0.4) is 0 Å². The van der Waals surface area contributed by atoms with Crippen molar-refractivity contribution in [2.24, 2.45) is 0 Å². The Bertz CT molecular complexity index is 756. The fourth-order valence-electron chi connectivity index (χ4n) is 2.00. The predicted molar refractivity (Wildman–Crippen MR) is 93.4 cm³/mol. The number of hydrogen-bond acceptors (Lipinski definition) is 3. The molecule has 0 fully saturated rings. The molecule has 0 spiro atoms. The van der Waals surface area contributed by atoms with Gasteiger partial charge in [-0.1, -0.05) is 47.5 Å². The van der Waals surface area contributed by atoms with E-state index in [2.05, 4.69) is 21.2 Å².